The van der Waals surface area contributed by atoms with Gasteiger partial charge in [-0.3, -0.25) is 0 Å². The van der Waals surface area contributed by atoms with Gasteiger partial charge in [0, 0.05) is 11.0 Å². The SMILES string of the molecule is CC1=C(C(C)(C)C)OC(C)(C)c2ccccc21. The molecule has 0 saturated heterocycles. The lowest BCUT2D eigenvalue weighted by atomic mass is 9.81. The lowest BCUT2D eigenvalue weighted by Gasteiger charge is -2.40. The van der Waals surface area contributed by atoms with Gasteiger partial charge < -0.3 is 4.74 Å². The molecular weight excluding hydrogens is 208 g/mol. The van der Waals surface area contributed by atoms with Gasteiger partial charge in [-0.05, 0) is 31.9 Å². The summed E-state index contributed by atoms with van der Waals surface area (Å²) in [6, 6.07) is 8.54. The third-order valence-corrected chi connectivity index (χ3v) is 3.36. The van der Waals surface area contributed by atoms with Crippen LogP contribution in [-0.2, 0) is 10.3 Å². The van der Waals surface area contributed by atoms with E-state index < -0.39 is 0 Å². The largest absolute Gasteiger partial charge is 0.487 e. The molecule has 0 unspecified atom stereocenters. The standard InChI is InChI=1S/C16H22O/c1-11-12-9-7-8-10-13(12)16(5,6)17-14(11)15(2,3)4/h7-10H,1-6H3. The molecule has 1 heteroatoms. The summed E-state index contributed by atoms with van der Waals surface area (Å²) in [5.74, 6) is 1.11. The molecule has 92 valence electrons. The van der Waals surface area contributed by atoms with Gasteiger partial charge >= 0.3 is 0 Å². The fraction of sp³-hybridized carbons (Fsp3) is 0.500. The van der Waals surface area contributed by atoms with E-state index >= 15 is 0 Å². The molecule has 2 rings (SSSR count). The van der Waals surface area contributed by atoms with Crippen LogP contribution in [-0.4, -0.2) is 0 Å². The molecule has 1 heterocycles. The summed E-state index contributed by atoms with van der Waals surface area (Å²) < 4.78 is 6.26. The highest BCUT2D eigenvalue weighted by Gasteiger charge is 2.36. The number of hydrogen-bond donors (Lipinski definition) is 0. The zero-order valence-electron chi connectivity index (χ0n) is 11.7. The summed E-state index contributed by atoms with van der Waals surface area (Å²) in [7, 11) is 0. The highest BCUT2D eigenvalue weighted by molar-refractivity contribution is 5.71. The van der Waals surface area contributed by atoms with Crippen LogP contribution in [0, 0.1) is 5.41 Å². The van der Waals surface area contributed by atoms with Crippen molar-refractivity contribution in [2.24, 2.45) is 5.41 Å². The van der Waals surface area contributed by atoms with Gasteiger partial charge in [-0.2, -0.15) is 0 Å². The topological polar surface area (TPSA) is 9.23 Å². The van der Waals surface area contributed by atoms with E-state index in [4.69, 9.17) is 4.74 Å². The monoisotopic (exact) mass is 230 g/mol. The molecule has 0 aromatic heterocycles. The van der Waals surface area contributed by atoms with Crippen LogP contribution in [0.5, 0.6) is 0 Å². The van der Waals surface area contributed by atoms with E-state index in [1.807, 2.05) is 0 Å². The lowest BCUT2D eigenvalue weighted by molar-refractivity contribution is -0.000141. The van der Waals surface area contributed by atoms with E-state index in [0.29, 0.717) is 0 Å². The lowest BCUT2D eigenvalue weighted by Crippen LogP contribution is -2.31. The van der Waals surface area contributed by atoms with Gasteiger partial charge in [0.25, 0.3) is 0 Å². The second-order valence-electron chi connectivity index (χ2n) is 6.36. The van der Waals surface area contributed by atoms with Crippen molar-refractivity contribution in [1.29, 1.82) is 0 Å². The Morgan fingerprint density at radius 2 is 1.65 bits per heavy atom. The minimum absolute atomic E-state index is 0.0505. The van der Waals surface area contributed by atoms with Crippen molar-refractivity contribution in [3.63, 3.8) is 0 Å². The summed E-state index contributed by atoms with van der Waals surface area (Å²) in [6.07, 6.45) is 0. The molecule has 1 aromatic carbocycles. The molecule has 0 aliphatic carbocycles. The molecule has 0 bridgehead atoms. The van der Waals surface area contributed by atoms with Crippen molar-refractivity contribution in [2.75, 3.05) is 0 Å². The Morgan fingerprint density at radius 1 is 1.06 bits per heavy atom. The third kappa shape index (κ3) is 1.99. The van der Waals surface area contributed by atoms with Gasteiger partial charge in [0.1, 0.15) is 11.4 Å². The predicted molar refractivity (Wildman–Crippen MR) is 72.6 cm³/mol. The van der Waals surface area contributed by atoms with Crippen molar-refractivity contribution < 1.29 is 4.74 Å². The summed E-state index contributed by atoms with van der Waals surface area (Å²) in [5, 5.41) is 0. The van der Waals surface area contributed by atoms with Crippen LogP contribution in [0.3, 0.4) is 0 Å². The van der Waals surface area contributed by atoms with E-state index in [-0.39, 0.29) is 11.0 Å². The van der Waals surface area contributed by atoms with Gasteiger partial charge in [-0.25, -0.2) is 0 Å². The van der Waals surface area contributed by atoms with Crippen LogP contribution in [0.25, 0.3) is 5.57 Å². The summed E-state index contributed by atoms with van der Waals surface area (Å²) in [6.45, 7) is 13.1. The summed E-state index contributed by atoms with van der Waals surface area (Å²) in [5.41, 5.74) is 3.69. The Balaban J connectivity index is 2.68. The molecule has 1 nitrogen and oxygen atoms in total. The van der Waals surface area contributed by atoms with Gasteiger partial charge in [-0.15, -0.1) is 0 Å². The molecule has 0 radical (unpaired) electrons. The normalized spacial score (nSPS) is 18.7. The van der Waals surface area contributed by atoms with Gasteiger partial charge in [0.05, 0.1) is 0 Å². The molecule has 0 N–H and O–H groups in total. The van der Waals surface area contributed by atoms with E-state index in [2.05, 4.69) is 65.8 Å². The molecule has 0 atom stereocenters. The molecule has 0 amide bonds. The minimum Gasteiger partial charge on any atom is -0.487 e. The van der Waals surface area contributed by atoms with Crippen molar-refractivity contribution in [2.45, 2.75) is 47.1 Å². The molecular formula is C16H22O. The second-order valence-corrected chi connectivity index (χ2v) is 6.36. The zero-order chi connectivity index (χ0) is 12.8. The second kappa shape index (κ2) is 3.63. The van der Waals surface area contributed by atoms with Crippen LogP contribution in [0.15, 0.2) is 30.0 Å². The minimum atomic E-state index is -0.237. The quantitative estimate of drug-likeness (QED) is 0.626. The average molecular weight is 230 g/mol. The molecule has 0 fully saturated rings. The Morgan fingerprint density at radius 3 is 2.24 bits per heavy atom. The van der Waals surface area contributed by atoms with Crippen LogP contribution < -0.4 is 0 Å². The molecule has 1 aromatic rings. The van der Waals surface area contributed by atoms with Crippen molar-refractivity contribution in [3.8, 4) is 0 Å². The zero-order valence-corrected chi connectivity index (χ0v) is 11.7. The highest BCUT2D eigenvalue weighted by atomic mass is 16.5. The molecule has 0 saturated carbocycles. The van der Waals surface area contributed by atoms with E-state index in [1.54, 1.807) is 0 Å². The van der Waals surface area contributed by atoms with Crippen molar-refractivity contribution in [1.82, 2.24) is 0 Å². The van der Waals surface area contributed by atoms with Crippen LogP contribution in [0.2, 0.25) is 0 Å². The van der Waals surface area contributed by atoms with E-state index in [0.717, 1.165) is 5.76 Å². The molecule has 17 heavy (non-hydrogen) atoms. The number of rotatable bonds is 0. The number of ether oxygens (including phenoxy) is 1. The number of fused-ring (bicyclic) bond motifs is 1. The van der Waals surface area contributed by atoms with Crippen molar-refractivity contribution >= 4 is 5.57 Å². The maximum Gasteiger partial charge on any atom is 0.129 e. The van der Waals surface area contributed by atoms with Gasteiger partial charge in [0.15, 0.2) is 0 Å². The van der Waals surface area contributed by atoms with E-state index in [9.17, 15) is 0 Å². The Hall–Kier alpha value is -1.24. The van der Waals surface area contributed by atoms with Crippen molar-refractivity contribution in [3.05, 3.63) is 41.2 Å². The molecule has 0 spiro atoms. The van der Waals surface area contributed by atoms with Crippen LogP contribution in [0.4, 0.5) is 0 Å². The number of allylic oxidation sites excluding steroid dienone is 2. The first-order valence-electron chi connectivity index (χ1n) is 6.24. The Kier molecular flexibility index (Phi) is 2.61. The maximum absolute atomic E-state index is 6.26. The van der Waals surface area contributed by atoms with Crippen LogP contribution in [0.1, 0.15) is 52.7 Å². The number of benzene rings is 1. The predicted octanol–water partition coefficient (Wildman–Crippen LogP) is 4.73. The average Bonchev–Trinajstić information content (AvgIpc) is 2.22. The first-order chi connectivity index (χ1) is 7.73. The van der Waals surface area contributed by atoms with E-state index in [1.165, 1.54) is 16.7 Å². The first kappa shape index (κ1) is 12.2. The third-order valence-electron chi connectivity index (χ3n) is 3.36. The van der Waals surface area contributed by atoms with Crippen LogP contribution >= 0.6 is 0 Å². The molecule has 1 aliphatic rings. The summed E-state index contributed by atoms with van der Waals surface area (Å²) in [4.78, 5) is 0. The summed E-state index contributed by atoms with van der Waals surface area (Å²) >= 11 is 0. The van der Waals surface area contributed by atoms with Gasteiger partial charge in [0.2, 0.25) is 0 Å². The smallest absolute Gasteiger partial charge is 0.129 e. The highest BCUT2D eigenvalue weighted by Crippen LogP contribution is 2.45. The molecule has 1 aliphatic heterocycles. The Bertz CT molecular complexity index is 473. The Labute approximate surface area is 104 Å². The van der Waals surface area contributed by atoms with Gasteiger partial charge in [-0.1, -0.05) is 45.0 Å². The maximum atomic E-state index is 6.26. The first-order valence-corrected chi connectivity index (χ1v) is 6.24. The number of hydrogen-bond acceptors (Lipinski definition) is 1. The fourth-order valence-electron chi connectivity index (χ4n) is 2.56. The fourth-order valence-corrected chi connectivity index (χ4v) is 2.56.